The molecular formula is H4O5. The van der Waals surface area contributed by atoms with Crippen molar-refractivity contribution in [3.63, 3.8) is 0 Å². The van der Waals surface area contributed by atoms with E-state index in [1.807, 2.05) is 0 Å². The molecule has 8 radical (unpaired) electrons. The molecule has 5 nitrogen and oxygen atoms in total. The SMILES string of the molecule is O=[O+][O-].[H-].[H-].[H-].[H-].[O+2].[O+2]. The Balaban J connectivity index is -0.00000000133. The maximum atomic E-state index is 7.88. The third-order valence-corrected chi connectivity index (χ3v) is 0. The third-order valence-electron chi connectivity index (χ3n) is 0. The van der Waals surface area contributed by atoms with Crippen LogP contribution in [-0.2, 0) is 11.0 Å². The monoisotopic (exact) mass is 84.0 g/mol. The molecule has 0 bridgehead atoms. The fraction of sp³-hybridized carbons (Fsp3) is 0. The van der Waals surface area contributed by atoms with Crippen LogP contribution in [0.3, 0.4) is 0 Å². The van der Waals surface area contributed by atoms with E-state index in [1.165, 1.54) is 0 Å². The molecule has 0 aliphatic carbocycles. The summed E-state index contributed by atoms with van der Waals surface area (Å²) in [5, 5.41) is 7.88. The normalized spacial score (nSPS) is 2.40. The molecule has 0 amide bonds. The van der Waals surface area contributed by atoms with Crippen LogP contribution in [0.15, 0.2) is 0 Å². The van der Waals surface area contributed by atoms with Crippen molar-refractivity contribution in [3.05, 3.63) is 9.71 Å². The van der Waals surface area contributed by atoms with Gasteiger partial charge in [-0.3, -0.25) is 0 Å². The summed E-state index contributed by atoms with van der Waals surface area (Å²) >= 11 is 0. The first-order valence-electron chi connectivity index (χ1n) is 0.333. The molecule has 0 N–H and O–H groups in total. The summed E-state index contributed by atoms with van der Waals surface area (Å²) in [4.78, 5) is 7.88. The van der Waals surface area contributed by atoms with E-state index in [0.29, 0.717) is 0 Å². The molecule has 0 aromatic rings. The molecule has 0 unspecified atom stereocenters. The summed E-state index contributed by atoms with van der Waals surface area (Å²) in [7, 11) is 0. The fourth-order valence-electron chi connectivity index (χ4n) is 0. The molecule has 0 saturated heterocycles. The third kappa shape index (κ3) is 12.5. The van der Waals surface area contributed by atoms with Gasteiger partial charge in [0.2, 0.25) is 0 Å². The Labute approximate surface area is 33.3 Å². The molecule has 0 aliphatic rings. The number of rotatable bonds is 0. The maximum Gasteiger partial charge on any atom is 2.00 e. The Morgan fingerprint density at radius 3 is 1.60 bits per heavy atom. The van der Waals surface area contributed by atoms with Gasteiger partial charge in [-0.2, -0.15) is 0 Å². The molecule has 0 fully saturated rings. The van der Waals surface area contributed by atoms with Gasteiger partial charge in [-0.25, -0.2) is 0 Å². The van der Waals surface area contributed by atoms with E-state index >= 15 is 0 Å². The highest BCUT2D eigenvalue weighted by Crippen LogP contribution is 1.00. The van der Waals surface area contributed by atoms with Crippen LogP contribution in [0.4, 0.5) is 0 Å². The van der Waals surface area contributed by atoms with Gasteiger partial charge in [0.1, 0.15) is 0 Å². The topological polar surface area (TPSA) is 108 Å². The van der Waals surface area contributed by atoms with Crippen molar-refractivity contribution < 1.29 is 21.9 Å². The highest BCUT2D eigenvalue weighted by Gasteiger charge is 2.00. The average molecular weight is 84.0 g/mol. The van der Waals surface area contributed by atoms with E-state index in [-0.39, 0.29) is 16.7 Å². The van der Waals surface area contributed by atoms with Crippen molar-refractivity contribution in [2.45, 2.75) is 0 Å². The van der Waals surface area contributed by atoms with Gasteiger partial charge < -0.3 is 5.71 Å². The summed E-state index contributed by atoms with van der Waals surface area (Å²) < 4.78 is 1.75. The number of hydrogen-bond donors (Lipinski definition) is 0. The van der Waals surface area contributed by atoms with E-state index in [4.69, 9.17) is 10.2 Å². The van der Waals surface area contributed by atoms with Gasteiger partial charge in [0.05, 0.1) is 0 Å². The van der Waals surface area contributed by atoms with Crippen LogP contribution in [-0.4, -0.2) is 0 Å². The maximum absolute atomic E-state index is 7.88. The van der Waals surface area contributed by atoms with Crippen LogP contribution < -0.4 is 5.26 Å². The number of hydrogen-bond acceptors (Lipinski definition) is 2. The zero-order chi connectivity index (χ0) is 2.71. The molecule has 0 rings (SSSR count). The molecule has 0 spiro atoms. The van der Waals surface area contributed by atoms with E-state index < -0.39 is 0 Å². The summed E-state index contributed by atoms with van der Waals surface area (Å²) in [6, 6.07) is 0. The van der Waals surface area contributed by atoms with Crippen LogP contribution in [0, 0.1) is 9.71 Å². The summed E-state index contributed by atoms with van der Waals surface area (Å²) in [6.07, 6.45) is 0. The molecule has 0 heterocycles. The van der Waals surface area contributed by atoms with Crippen LogP contribution in [0.25, 0.3) is 0 Å². The molecular weight excluding hydrogens is 80.0 g/mol. The molecule has 0 aromatic carbocycles. The predicted octanol–water partition coefficient (Wildman–Crippen LogP) is -0.910. The van der Waals surface area contributed by atoms with Crippen molar-refractivity contribution >= 4 is 0 Å². The van der Waals surface area contributed by atoms with Gasteiger partial charge in [-0.05, 0) is 0 Å². The zero-order valence-corrected chi connectivity index (χ0v) is 2.04. The highest BCUT2D eigenvalue weighted by molar-refractivity contribution is 4.20. The molecule has 5 heteroatoms. The second kappa shape index (κ2) is 175. The summed E-state index contributed by atoms with van der Waals surface area (Å²) in [6.45, 7) is 0. The van der Waals surface area contributed by atoms with E-state index in [1.54, 1.807) is 4.75 Å². The van der Waals surface area contributed by atoms with Crippen molar-refractivity contribution in [2.24, 2.45) is 0 Å². The Bertz CT molecular complexity index is 16.4. The van der Waals surface area contributed by atoms with Crippen molar-refractivity contribution in [2.75, 3.05) is 0 Å². The fourth-order valence-corrected chi connectivity index (χ4v) is 0. The quantitative estimate of drug-likeness (QED) is 0.215. The molecule has 5 heavy (non-hydrogen) atoms. The Morgan fingerprint density at radius 2 is 1.60 bits per heavy atom. The van der Waals surface area contributed by atoms with Gasteiger partial charge >= 0.3 is 11.0 Å². The average Bonchev–Trinajstić information content (AvgIpc) is 0.918. The predicted molar refractivity (Wildman–Crippen MR) is 12.6 cm³/mol. The highest BCUT2D eigenvalue weighted by atomic mass is 17.2. The first-order chi connectivity index (χ1) is 1.41. The molecule has 0 atom stereocenters. The molecule has 0 aliphatic heterocycles. The lowest BCUT2D eigenvalue weighted by molar-refractivity contribution is -0.284. The molecule has 34 valence electrons. The lowest BCUT2D eigenvalue weighted by Gasteiger charge is -1.19. The minimum atomic E-state index is 0. The van der Waals surface area contributed by atoms with Crippen LogP contribution in [0.1, 0.15) is 5.71 Å². The molecule has 0 aromatic heterocycles. The van der Waals surface area contributed by atoms with Crippen molar-refractivity contribution in [1.29, 1.82) is 0 Å². The van der Waals surface area contributed by atoms with Crippen LogP contribution in [0.5, 0.6) is 0 Å². The van der Waals surface area contributed by atoms with Gasteiger partial charge in [-0.15, -0.1) is 0 Å². The first-order valence-corrected chi connectivity index (χ1v) is 0.333. The minimum absolute atomic E-state index is 0. The lowest BCUT2D eigenvalue weighted by Crippen LogP contribution is -1.82. The molecule has 0 saturated carbocycles. The Morgan fingerprint density at radius 1 is 1.60 bits per heavy atom. The Kier molecular flexibility index (Phi) is 954. The van der Waals surface area contributed by atoms with E-state index in [2.05, 4.69) is 0 Å². The van der Waals surface area contributed by atoms with Gasteiger partial charge in [0.15, 0.2) is 4.75 Å². The van der Waals surface area contributed by atoms with Crippen molar-refractivity contribution in [3.8, 4) is 0 Å². The smallest absolute Gasteiger partial charge is 1.00 e. The largest absolute Gasteiger partial charge is 2.00 e. The Hall–Kier alpha value is -0.680. The minimum Gasteiger partial charge on any atom is -1.00 e. The van der Waals surface area contributed by atoms with Gasteiger partial charge in [0, 0.05) is 0 Å². The van der Waals surface area contributed by atoms with Crippen molar-refractivity contribution in [1.82, 2.24) is 0 Å². The second-order valence-electron chi connectivity index (χ2n) is 0.0680. The standard InChI is InChI=1S/O3.2O.4H/c1-3-2;;;;;;/q;2*+2;4*-1. The van der Waals surface area contributed by atoms with E-state index in [9.17, 15) is 0 Å². The zero-order valence-electron chi connectivity index (χ0n) is 6.04. The van der Waals surface area contributed by atoms with Gasteiger partial charge in [0.25, 0.3) is 0 Å². The van der Waals surface area contributed by atoms with Gasteiger partial charge in [-0.1, -0.05) is 10.2 Å². The van der Waals surface area contributed by atoms with Crippen LogP contribution in [0.2, 0.25) is 0 Å². The van der Waals surface area contributed by atoms with E-state index in [0.717, 1.165) is 0 Å². The summed E-state index contributed by atoms with van der Waals surface area (Å²) in [5.74, 6) is 0. The van der Waals surface area contributed by atoms with Crippen LogP contribution >= 0.6 is 0 Å². The lowest BCUT2D eigenvalue weighted by atomic mass is 14.8. The summed E-state index contributed by atoms with van der Waals surface area (Å²) in [5.41, 5.74) is 0. The second-order valence-corrected chi connectivity index (χ2v) is 0.0680. The first kappa shape index (κ1) is 27.3.